The van der Waals surface area contributed by atoms with E-state index in [1.165, 1.54) is 0 Å². The molecular formula is C23H29N3O2S. The van der Waals surface area contributed by atoms with E-state index in [-0.39, 0.29) is 12.0 Å². The summed E-state index contributed by atoms with van der Waals surface area (Å²) >= 11 is 0. The Kier molecular flexibility index (Phi) is 6.24. The summed E-state index contributed by atoms with van der Waals surface area (Å²) in [5.41, 5.74) is 4.51. The molecule has 1 unspecified atom stereocenters. The topological polar surface area (TPSA) is 64.0 Å². The Morgan fingerprint density at radius 1 is 1.00 bits per heavy atom. The average Bonchev–Trinajstić information content (AvgIpc) is 3.09. The van der Waals surface area contributed by atoms with E-state index < -0.39 is 10.0 Å². The predicted molar refractivity (Wildman–Crippen MR) is 117 cm³/mol. The van der Waals surface area contributed by atoms with Crippen molar-refractivity contribution in [3.05, 3.63) is 71.4 Å². The molecule has 1 aromatic heterocycles. The van der Waals surface area contributed by atoms with Crippen molar-refractivity contribution in [2.45, 2.75) is 52.1 Å². The lowest BCUT2D eigenvalue weighted by Crippen LogP contribution is -2.42. The molecule has 154 valence electrons. The van der Waals surface area contributed by atoms with Crippen LogP contribution in [0.15, 0.2) is 59.6 Å². The van der Waals surface area contributed by atoms with Gasteiger partial charge in [0.1, 0.15) is 0 Å². The summed E-state index contributed by atoms with van der Waals surface area (Å²) in [5.74, 6) is 0.111. The van der Waals surface area contributed by atoms with E-state index in [2.05, 4.69) is 9.82 Å². The van der Waals surface area contributed by atoms with Crippen molar-refractivity contribution >= 4 is 10.0 Å². The van der Waals surface area contributed by atoms with Gasteiger partial charge < -0.3 is 0 Å². The number of benzene rings is 2. The standard InChI is InChI=1S/C23H29N3O2S/c1-16(2)22(15-26-12-11-21(24-26)20-9-7-6-8-10-20)25-29(27,28)23-18(4)13-17(3)14-19(23)5/h6-14,16,22,25H,15H2,1-5H3. The van der Waals surface area contributed by atoms with Crippen LogP contribution in [0, 0.1) is 26.7 Å². The highest BCUT2D eigenvalue weighted by Gasteiger charge is 2.26. The summed E-state index contributed by atoms with van der Waals surface area (Å²) in [4.78, 5) is 0.374. The molecule has 1 atom stereocenters. The minimum atomic E-state index is -3.64. The molecule has 5 nitrogen and oxygen atoms in total. The Hall–Kier alpha value is -2.44. The van der Waals surface area contributed by atoms with Gasteiger partial charge in [-0.3, -0.25) is 4.68 Å². The van der Waals surface area contributed by atoms with E-state index in [1.807, 2.05) is 94.0 Å². The van der Waals surface area contributed by atoms with Crippen LogP contribution in [0.1, 0.15) is 30.5 Å². The van der Waals surface area contributed by atoms with E-state index in [0.29, 0.717) is 11.4 Å². The van der Waals surface area contributed by atoms with Crippen LogP contribution in [-0.2, 0) is 16.6 Å². The molecule has 0 amide bonds. The van der Waals surface area contributed by atoms with Gasteiger partial charge in [-0.05, 0) is 43.9 Å². The van der Waals surface area contributed by atoms with E-state index >= 15 is 0 Å². The van der Waals surface area contributed by atoms with Gasteiger partial charge in [-0.1, -0.05) is 61.9 Å². The van der Waals surface area contributed by atoms with Crippen molar-refractivity contribution in [2.24, 2.45) is 5.92 Å². The Balaban J connectivity index is 1.84. The molecule has 0 radical (unpaired) electrons. The summed E-state index contributed by atoms with van der Waals surface area (Å²) in [6, 6.07) is 15.4. The zero-order chi connectivity index (χ0) is 21.2. The lowest BCUT2D eigenvalue weighted by Gasteiger charge is -2.23. The van der Waals surface area contributed by atoms with E-state index in [1.54, 1.807) is 0 Å². The molecule has 0 bridgehead atoms. The number of hydrogen-bond donors (Lipinski definition) is 1. The Labute approximate surface area is 173 Å². The summed E-state index contributed by atoms with van der Waals surface area (Å²) in [5, 5.41) is 4.63. The van der Waals surface area contributed by atoms with Crippen molar-refractivity contribution in [1.82, 2.24) is 14.5 Å². The first-order valence-corrected chi connectivity index (χ1v) is 11.3. The first-order chi connectivity index (χ1) is 13.7. The zero-order valence-corrected chi connectivity index (χ0v) is 18.5. The fourth-order valence-corrected chi connectivity index (χ4v) is 5.49. The van der Waals surface area contributed by atoms with Crippen LogP contribution in [0.4, 0.5) is 0 Å². The van der Waals surface area contributed by atoms with Crippen molar-refractivity contribution < 1.29 is 8.42 Å². The highest BCUT2D eigenvalue weighted by Crippen LogP contribution is 2.23. The minimum absolute atomic E-state index is 0.111. The highest BCUT2D eigenvalue weighted by molar-refractivity contribution is 7.89. The van der Waals surface area contributed by atoms with Gasteiger partial charge in [0.25, 0.3) is 0 Å². The molecular weight excluding hydrogens is 382 g/mol. The highest BCUT2D eigenvalue weighted by atomic mass is 32.2. The van der Waals surface area contributed by atoms with Gasteiger partial charge in [-0.2, -0.15) is 5.10 Å². The average molecular weight is 412 g/mol. The second kappa shape index (κ2) is 8.51. The second-order valence-corrected chi connectivity index (χ2v) is 9.64. The normalized spacial score (nSPS) is 13.0. The van der Waals surface area contributed by atoms with Gasteiger partial charge in [0.05, 0.1) is 17.1 Å². The third-order valence-corrected chi connectivity index (χ3v) is 6.87. The summed E-state index contributed by atoms with van der Waals surface area (Å²) in [6.45, 7) is 10.2. The van der Waals surface area contributed by atoms with Crippen molar-refractivity contribution in [3.63, 3.8) is 0 Å². The lowest BCUT2D eigenvalue weighted by atomic mass is 10.1. The van der Waals surface area contributed by atoms with Crippen LogP contribution in [0.25, 0.3) is 11.3 Å². The van der Waals surface area contributed by atoms with Gasteiger partial charge in [0.2, 0.25) is 10.0 Å². The fourth-order valence-electron chi connectivity index (χ4n) is 3.66. The lowest BCUT2D eigenvalue weighted by molar-refractivity contribution is 0.383. The molecule has 3 aromatic rings. The first kappa shape index (κ1) is 21.3. The number of aromatic nitrogens is 2. The van der Waals surface area contributed by atoms with Crippen LogP contribution in [0.3, 0.4) is 0 Å². The van der Waals surface area contributed by atoms with E-state index in [0.717, 1.165) is 27.9 Å². The quantitative estimate of drug-likeness (QED) is 0.623. The van der Waals surface area contributed by atoms with Crippen LogP contribution in [0.5, 0.6) is 0 Å². The molecule has 3 rings (SSSR count). The number of sulfonamides is 1. The number of hydrogen-bond acceptors (Lipinski definition) is 3. The molecule has 6 heteroatoms. The second-order valence-electron chi connectivity index (χ2n) is 7.99. The Morgan fingerprint density at radius 2 is 1.62 bits per heavy atom. The van der Waals surface area contributed by atoms with Crippen LogP contribution in [-0.4, -0.2) is 24.2 Å². The van der Waals surface area contributed by atoms with E-state index in [9.17, 15) is 8.42 Å². The molecule has 0 aliphatic carbocycles. The maximum Gasteiger partial charge on any atom is 0.241 e. The fraction of sp³-hybridized carbons (Fsp3) is 0.348. The van der Waals surface area contributed by atoms with Gasteiger partial charge in [-0.15, -0.1) is 0 Å². The van der Waals surface area contributed by atoms with Gasteiger partial charge in [0, 0.05) is 17.8 Å². The third-order valence-electron chi connectivity index (χ3n) is 5.08. The largest absolute Gasteiger partial charge is 0.271 e. The van der Waals surface area contributed by atoms with Crippen molar-refractivity contribution in [1.29, 1.82) is 0 Å². The molecule has 0 aliphatic heterocycles. The van der Waals surface area contributed by atoms with Crippen molar-refractivity contribution in [2.75, 3.05) is 0 Å². The minimum Gasteiger partial charge on any atom is -0.271 e. The summed E-state index contributed by atoms with van der Waals surface area (Å²) in [7, 11) is -3.64. The monoisotopic (exact) mass is 411 g/mol. The van der Waals surface area contributed by atoms with Crippen LogP contribution < -0.4 is 4.72 Å². The molecule has 2 aromatic carbocycles. The number of nitrogens with zero attached hydrogens (tertiary/aromatic N) is 2. The number of rotatable bonds is 7. The summed E-state index contributed by atoms with van der Waals surface area (Å²) < 4.78 is 31.1. The van der Waals surface area contributed by atoms with E-state index in [4.69, 9.17) is 0 Å². The molecule has 29 heavy (non-hydrogen) atoms. The first-order valence-electron chi connectivity index (χ1n) is 9.86. The van der Waals surface area contributed by atoms with Crippen LogP contribution in [0.2, 0.25) is 0 Å². The summed E-state index contributed by atoms with van der Waals surface area (Å²) in [6.07, 6.45) is 1.90. The maximum absolute atomic E-state index is 13.2. The molecule has 0 spiro atoms. The predicted octanol–water partition coefficient (Wildman–Crippen LogP) is 4.48. The molecule has 1 N–H and O–H groups in total. The number of nitrogens with one attached hydrogen (secondary N) is 1. The smallest absolute Gasteiger partial charge is 0.241 e. The van der Waals surface area contributed by atoms with Crippen LogP contribution >= 0.6 is 0 Å². The Bertz CT molecular complexity index is 1060. The van der Waals surface area contributed by atoms with Gasteiger partial charge in [0.15, 0.2) is 0 Å². The Morgan fingerprint density at radius 3 is 2.21 bits per heavy atom. The molecule has 0 saturated carbocycles. The molecule has 0 saturated heterocycles. The maximum atomic E-state index is 13.2. The molecule has 0 aliphatic rings. The molecule has 0 fully saturated rings. The number of aryl methyl sites for hydroxylation is 3. The van der Waals surface area contributed by atoms with Gasteiger partial charge in [-0.25, -0.2) is 13.1 Å². The van der Waals surface area contributed by atoms with Crippen molar-refractivity contribution in [3.8, 4) is 11.3 Å². The zero-order valence-electron chi connectivity index (χ0n) is 17.7. The SMILES string of the molecule is Cc1cc(C)c(S(=O)(=O)NC(Cn2ccc(-c3ccccc3)n2)C(C)C)c(C)c1. The molecule has 1 heterocycles. The van der Waals surface area contributed by atoms with Gasteiger partial charge >= 0.3 is 0 Å². The third kappa shape index (κ3) is 4.95.